The van der Waals surface area contributed by atoms with Crippen molar-refractivity contribution in [2.75, 3.05) is 10.5 Å². The number of hydrogen-bond donors (Lipinski definition) is 3. The van der Waals surface area contributed by atoms with E-state index in [0.717, 1.165) is 15.7 Å². The Morgan fingerprint density at radius 3 is 2.26 bits per heavy atom. The fourth-order valence-corrected chi connectivity index (χ4v) is 3.35. The van der Waals surface area contributed by atoms with E-state index in [1.807, 2.05) is 0 Å². The van der Waals surface area contributed by atoms with Gasteiger partial charge >= 0.3 is 0 Å². The van der Waals surface area contributed by atoms with Crippen LogP contribution in [0.4, 0.5) is 11.6 Å². The molecule has 0 saturated heterocycles. The number of rotatable bonds is 4. The standard InChI is InChI=1S/C15H13BrN4O2S/c16-11-3-7-13(8-4-11)23(21,22)20-12-5-1-10(2-6-12)14-9-18-15(17)19-14/h1-9,20H,(H3,17,18,19). The van der Waals surface area contributed by atoms with Gasteiger partial charge in [-0.15, -0.1) is 0 Å². The molecule has 3 aromatic rings. The topological polar surface area (TPSA) is 101 Å². The molecule has 2 aromatic carbocycles. The van der Waals surface area contributed by atoms with Crippen LogP contribution in [0.25, 0.3) is 11.3 Å². The van der Waals surface area contributed by atoms with Crippen molar-refractivity contribution in [3.8, 4) is 11.3 Å². The molecule has 23 heavy (non-hydrogen) atoms. The van der Waals surface area contributed by atoms with E-state index in [9.17, 15) is 8.42 Å². The number of aromatic nitrogens is 2. The summed E-state index contributed by atoms with van der Waals surface area (Å²) >= 11 is 3.28. The van der Waals surface area contributed by atoms with Gasteiger partial charge in [-0.1, -0.05) is 28.1 Å². The minimum atomic E-state index is -3.61. The molecule has 0 unspecified atom stereocenters. The third-order valence-electron chi connectivity index (χ3n) is 3.17. The van der Waals surface area contributed by atoms with Crippen molar-refractivity contribution in [3.05, 3.63) is 59.2 Å². The molecule has 0 radical (unpaired) electrons. The van der Waals surface area contributed by atoms with E-state index in [1.54, 1.807) is 42.6 Å². The number of halogens is 1. The Morgan fingerprint density at radius 1 is 1.04 bits per heavy atom. The van der Waals surface area contributed by atoms with Gasteiger partial charge in [-0.3, -0.25) is 4.72 Å². The molecule has 118 valence electrons. The van der Waals surface area contributed by atoms with Crippen molar-refractivity contribution in [2.24, 2.45) is 0 Å². The summed E-state index contributed by atoms with van der Waals surface area (Å²) in [4.78, 5) is 7.04. The molecule has 0 spiro atoms. The van der Waals surface area contributed by atoms with Crippen LogP contribution in [-0.2, 0) is 10.0 Å². The highest BCUT2D eigenvalue weighted by atomic mass is 79.9. The Morgan fingerprint density at radius 2 is 1.70 bits per heavy atom. The van der Waals surface area contributed by atoms with Crippen LogP contribution in [-0.4, -0.2) is 18.4 Å². The Balaban J connectivity index is 1.81. The van der Waals surface area contributed by atoms with Crippen molar-refractivity contribution in [3.63, 3.8) is 0 Å². The predicted octanol–water partition coefficient (Wildman–Crippen LogP) is 3.22. The average molecular weight is 393 g/mol. The van der Waals surface area contributed by atoms with Crippen molar-refractivity contribution in [1.82, 2.24) is 9.97 Å². The van der Waals surface area contributed by atoms with E-state index in [1.165, 1.54) is 12.1 Å². The van der Waals surface area contributed by atoms with E-state index in [2.05, 4.69) is 30.6 Å². The quantitative estimate of drug-likeness (QED) is 0.634. The normalized spacial score (nSPS) is 11.3. The number of imidazole rings is 1. The summed E-state index contributed by atoms with van der Waals surface area (Å²) < 4.78 is 28.0. The number of nitrogens with two attached hydrogens (primary N) is 1. The largest absolute Gasteiger partial charge is 0.369 e. The molecule has 4 N–H and O–H groups in total. The maximum absolute atomic E-state index is 12.3. The smallest absolute Gasteiger partial charge is 0.261 e. The number of benzene rings is 2. The van der Waals surface area contributed by atoms with Gasteiger partial charge in [-0.25, -0.2) is 13.4 Å². The fraction of sp³-hybridized carbons (Fsp3) is 0. The zero-order valence-corrected chi connectivity index (χ0v) is 14.2. The number of anilines is 2. The molecule has 0 saturated carbocycles. The van der Waals surface area contributed by atoms with Gasteiger partial charge < -0.3 is 10.7 Å². The van der Waals surface area contributed by atoms with Gasteiger partial charge in [-0.2, -0.15) is 0 Å². The van der Waals surface area contributed by atoms with E-state index in [4.69, 9.17) is 5.73 Å². The molecule has 6 nitrogen and oxygen atoms in total. The number of nitrogens with one attached hydrogen (secondary N) is 2. The Kier molecular flexibility index (Phi) is 4.10. The SMILES string of the molecule is Nc1ncc(-c2ccc(NS(=O)(=O)c3ccc(Br)cc3)cc2)[nH]1. The van der Waals surface area contributed by atoms with Gasteiger partial charge in [0, 0.05) is 10.2 Å². The van der Waals surface area contributed by atoms with Gasteiger partial charge in [-0.05, 0) is 42.0 Å². The van der Waals surface area contributed by atoms with Gasteiger partial charge in [0.15, 0.2) is 5.95 Å². The first-order valence-corrected chi connectivity index (χ1v) is 8.91. The highest BCUT2D eigenvalue weighted by Gasteiger charge is 2.14. The summed E-state index contributed by atoms with van der Waals surface area (Å²) in [6.07, 6.45) is 1.62. The number of nitrogens with zero attached hydrogens (tertiary/aromatic N) is 1. The summed E-state index contributed by atoms with van der Waals surface area (Å²) in [7, 11) is -3.61. The predicted molar refractivity (Wildman–Crippen MR) is 93.4 cm³/mol. The zero-order chi connectivity index (χ0) is 16.4. The number of nitrogen functional groups attached to an aromatic ring is 1. The van der Waals surface area contributed by atoms with Gasteiger partial charge in [0.25, 0.3) is 10.0 Å². The molecule has 0 aliphatic carbocycles. The van der Waals surface area contributed by atoms with Crippen LogP contribution in [0, 0.1) is 0 Å². The monoisotopic (exact) mass is 392 g/mol. The molecular weight excluding hydrogens is 380 g/mol. The highest BCUT2D eigenvalue weighted by molar-refractivity contribution is 9.10. The van der Waals surface area contributed by atoms with Crippen LogP contribution >= 0.6 is 15.9 Å². The molecule has 1 aromatic heterocycles. The maximum Gasteiger partial charge on any atom is 0.261 e. The summed E-state index contributed by atoms with van der Waals surface area (Å²) in [5.74, 6) is 0.333. The van der Waals surface area contributed by atoms with Crippen LogP contribution in [0.1, 0.15) is 0 Å². The lowest BCUT2D eigenvalue weighted by Gasteiger charge is -2.08. The third-order valence-corrected chi connectivity index (χ3v) is 5.09. The lowest BCUT2D eigenvalue weighted by molar-refractivity contribution is 0.601. The zero-order valence-electron chi connectivity index (χ0n) is 11.8. The number of sulfonamides is 1. The van der Waals surface area contributed by atoms with Crippen molar-refractivity contribution in [2.45, 2.75) is 4.90 Å². The summed E-state index contributed by atoms with van der Waals surface area (Å²) in [6, 6.07) is 13.4. The van der Waals surface area contributed by atoms with Crippen LogP contribution < -0.4 is 10.5 Å². The summed E-state index contributed by atoms with van der Waals surface area (Å²) in [5, 5.41) is 0. The minimum absolute atomic E-state index is 0.200. The Labute approximate surface area is 141 Å². The fourth-order valence-electron chi connectivity index (χ4n) is 2.03. The second-order valence-electron chi connectivity index (χ2n) is 4.82. The molecule has 0 aliphatic rings. The first-order chi connectivity index (χ1) is 10.9. The summed E-state index contributed by atoms with van der Waals surface area (Å²) in [5.41, 5.74) is 7.65. The third kappa shape index (κ3) is 3.54. The van der Waals surface area contributed by atoms with Crippen molar-refractivity contribution >= 4 is 37.6 Å². The minimum Gasteiger partial charge on any atom is -0.369 e. The second-order valence-corrected chi connectivity index (χ2v) is 7.42. The molecular formula is C15H13BrN4O2S. The van der Waals surface area contributed by atoms with Gasteiger partial charge in [0.05, 0.1) is 16.8 Å². The number of hydrogen-bond acceptors (Lipinski definition) is 4. The number of aromatic amines is 1. The molecule has 0 atom stereocenters. The highest BCUT2D eigenvalue weighted by Crippen LogP contribution is 2.22. The van der Waals surface area contributed by atoms with Crippen molar-refractivity contribution < 1.29 is 8.42 Å². The van der Waals surface area contributed by atoms with E-state index in [-0.39, 0.29) is 4.90 Å². The van der Waals surface area contributed by atoms with Crippen LogP contribution in [0.15, 0.2) is 64.1 Å². The average Bonchev–Trinajstić information content (AvgIpc) is 2.95. The second kappa shape index (κ2) is 6.05. The summed E-state index contributed by atoms with van der Waals surface area (Å²) in [6.45, 7) is 0. The van der Waals surface area contributed by atoms with E-state index >= 15 is 0 Å². The number of H-pyrrole nitrogens is 1. The molecule has 0 fully saturated rings. The molecule has 8 heteroatoms. The van der Waals surface area contributed by atoms with Crippen LogP contribution in [0.5, 0.6) is 0 Å². The molecule has 3 rings (SSSR count). The Hall–Kier alpha value is -2.32. The first-order valence-electron chi connectivity index (χ1n) is 6.63. The van der Waals surface area contributed by atoms with Gasteiger partial charge in [0.1, 0.15) is 0 Å². The van der Waals surface area contributed by atoms with Gasteiger partial charge in [0.2, 0.25) is 0 Å². The van der Waals surface area contributed by atoms with Crippen molar-refractivity contribution in [1.29, 1.82) is 0 Å². The lowest BCUT2D eigenvalue weighted by Crippen LogP contribution is -2.12. The molecule has 0 aliphatic heterocycles. The lowest BCUT2D eigenvalue weighted by atomic mass is 10.1. The van der Waals surface area contributed by atoms with E-state index in [0.29, 0.717) is 11.6 Å². The van der Waals surface area contributed by atoms with Crippen LogP contribution in [0.2, 0.25) is 0 Å². The molecule has 0 bridgehead atoms. The van der Waals surface area contributed by atoms with E-state index < -0.39 is 10.0 Å². The Bertz CT molecular complexity index is 919. The first kappa shape index (κ1) is 15.6. The molecule has 1 heterocycles. The van der Waals surface area contributed by atoms with Crippen LogP contribution in [0.3, 0.4) is 0 Å². The maximum atomic E-state index is 12.3. The molecule has 0 amide bonds.